The normalized spacial score (nSPS) is 10.4. The van der Waals surface area contributed by atoms with Gasteiger partial charge < -0.3 is 10.2 Å². The second kappa shape index (κ2) is 5.58. The Morgan fingerprint density at radius 1 is 1.33 bits per heavy atom. The zero-order valence-corrected chi connectivity index (χ0v) is 9.07. The zero-order valence-electron chi connectivity index (χ0n) is 9.07. The average molecular weight is 251 g/mol. The smallest absolute Gasteiger partial charge is 0.335 e. The third kappa shape index (κ3) is 3.41. The molecule has 0 aliphatic heterocycles. The van der Waals surface area contributed by atoms with Crippen molar-refractivity contribution in [3.8, 4) is 0 Å². The third-order valence-electron chi connectivity index (χ3n) is 2.06. The molecule has 0 aliphatic rings. The van der Waals surface area contributed by atoms with Gasteiger partial charge in [-0.2, -0.15) is 0 Å². The number of hydrogen-bond donors (Lipinski definition) is 2. The Hall–Kier alpha value is -2.70. The van der Waals surface area contributed by atoms with Gasteiger partial charge in [0.25, 0.3) is 5.69 Å². The van der Waals surface area contributed by atoms with Crippen molar-refractivity contribution in [1.29, 1.82) is 0 Å². The summed E-state index contributed by atoms with van der Waals surface area (Å²) in [6.07, 6.45) is 2.26. The number of nitrogens with zero attached hydrogens (tertiary/aromatic N) is 1. The van der Waals surface area contributed by atoms with Crippen LogP contribution in [0, 0.1) is 10.1 Å². The summed E-state index contributed by atoms with van der Waals surface area (Å²) in [5, 5.41) is 27.9. The maximum absolute atomic E-state index is 10.8. The molecule has 2 N–H and O–H groups in total. The number of hydrogen-bond acceptors (Lipinski definition) is 4. The lowest BCUT2D eigenvalue weighted by Gasteiger charge is -1.99. The molecular weight excluding hydrogens is 242 g/mol. The summed E-state index contributed by atoms with van der Waals surface area (Å²) in [6.45, 7) is 0. The minimum atomic E-state index is -1.26. The van der Waals surface area contributed by atoms with Crippen LogP contribution in [0.4, 0.5) is 5.69 Å². The van der Waals surface area contributed by atoms with Gasteiger partial charge >= 0.3 is 11.9 Å². The number of nitro benzene ring substituents is 1. The van der Waals surface area contributed by atoms with Gasteiger partial charge in [-0.15, -0.1) is 0 Å². The topological polar surface area (TPSA) is 118 Å². The lowest BCUT2D eigenvalue weighted by atomic mass is 10.1. The molecule has 0 aliphatic carbocycles. The van der Waals surface area contributed by atoms with E-state index in [0.29, 0.717) is 0 Å². The lowest BCUT2D eigenvalue weighted by Crippen LogP contribution is -1.99. The Kier molecular flexibility index (Phi) is 4.14. The van der Waals surface area contributed by atoms with E-state index in [1.54, 1.807) is 0 Å². The molecule has 1 aromatic rings. The Bertz CT molecular complexity index is 534. The van der Waals surface area contributed by atoms with Crippen LogP contribution in [0.2, 0.25) is 0 Å². The first-order valence-corrected chi connectivity index (χ1v) is 4.82. The fourth-order valence-corrected chi connectivity index (χ4v) is 1.26. The molecule has 7 nitrogen and oxygen atoms in total. The molecule has 1 rings (SSSR count). The minimum Gasteiger partial charge on any atom is -0.481 e. The van der Waals surface area contributed by atoms with Crippen LogP contribution in [0.25, 0.3) is 6.08 Å². The monoisotopic (exact) mass is 251 g/mol. The van der Waals surface area contributed by atoms with E-state index < -0.39 is 16.9 Å². The number of carboxylic acid groups (broad SMARTS) is 2. The molecule has 7 heteroatoms. The molecule has 0 radical (unpaired) electrons. The van der Waals surface area contributed by atoms with E-state index >= 15 is 0 Å². The molecule has 18 heavy (non-hydrogen) atoms. The van der Waals surface area contributed by atoms with E-state index in [9.17, 15) is 19.7 Å². The summed E-state index contributed by atoms with van der Waals surface area (Å²) >= 11 is 0. The van der Waals surface area contributed by atoms with Crippen LogP contribution in [0.15, 0.2) is 24.3 Å². The van der Waals surface area contributed by atoms with Crippen LogP contribution >= 0.6 is 0 Å². The van der Waals surface area contributed by atoms with E-state index in [2.05, 4.69) is 0 Å². The summed E-state index contributed by atoms with van der Waals surface area (Å²) in [7, 11) is 0. The number of carbonyl (C=O) groups is 2. The lowest BCUT2D eigenvalue weighted by molar-refractivity contribution is -0.385. The summed E-state index contributed by atoms with van der Waals surface area (Å²) in [5.41, 5.74) is -0.417. The van der Waals surface area contributed by atoms with E-state index in [4.69, 9.17) is 10.2 Å². The number of carboxylic acids is 2. The summed E-state index contributed by atoms with van der Waals surface area (Å²) in [6, 6.07) is 3.42. The van der Waals surface area contributed by atoms with Crippen molar-refractivity contribution in [2.45, 2.75) is 6.42 Å². The molecule has 0 saturated carbocycles. The Balaban J connectivity index is 3.12. The second-order valence-corrected chi connectivity index (χ2v) is 3.34. The number of aliphatic carboxylic acids is 1. The third-order valence-corrected chi connectivity index (χ3v) is 2.06. The van der Waals surface area contributed by atoms with Crippen LogP contribution in [0.1, 0.15) is 22.3 Å². The first kappa shape index (κ1) is 13.4. The zero-order chi connectivity index (χ0) is 13.7. The van der Waals surface area contributed by atoms with Crippen molar-refractivity contribution in [3.05, 3.63) is 45.5 Å². The van der Waals surface area contributed by atoms with Crippen molar-refractivity contribution in [1.82, 2.24) is 0 Å². The van der Waals surface area contributed by atoms with Crippen LogP contribution in [-0.2, 0) is 4.79 Å². The highest BCUT2D eigenvalue weighted by Crippen LogP contribution is 2.22. The Morgan fingerprint density at radius 2 is 2.00 bits per heavy atom. The molecule has 0 saturated heterocycles. The fraction of sp³-hybridized carbons (Fsp3) is 0.0909. The van der Waals surface area contributed by atoms with Crippen molar-refractivity contribution < 1.29 is 24.7 Å². The van der Waals surface area contributed by atoms with E-state index in [1.807, 2.05) is 0 Å². The predicted molar refractivity (Wildman–Crippen MR) is 61.3 cm³/mol. The minimum absolute atomic E-state index is 0.159. The van der Waals surface area contributed by atoms with E-state index in [1.165, 1.54) is 24.3 Å². The highest BCUT2D eigenvalue weighted by atomic mass is 16.6. The van der Waals surface area contributed by atoms with E-state index in [-0.39, 0.29) is 23.2 Å². The van der Waals surface area contributed by atoms with Gasteiger partial charge in [-0.25, -0.2) is 4.79 Å². The van der Waals surface area contributed by atoms with Crippen LogP contribution < -0.4 is 0 Å². The van der Waals surface area contributed by atoms with E-state index in [0.717, 1.165) is 6.07 Å². The van der Waals surface area contributed by atoms with Gasteiger partial charge in [0.05, 0.1) is 22.5 Å². The van der Waals surface area contributed by atoms with Gasteiger partial charge in [0.1, 0.15) is 0 Å². The fourth-order valence-electron chi connectivity index (χ4n) is 1.26. The maximum Gasteiger partial charge on any atom is 0.335 e. The van der Waals surface area contributed by atoms with Gasteiger partial charge in [0, 0.05) is 6.07 Å². The SMILES string of the molecule is O=C(O)CC=Cc1ccc(C(=O)O)cc1[N+](=O)[O-]. The molecule has 94 valence electrons. The molecule has 0 amide bonds. The van der Waals surface area contributed by atoms with Crippen molar-refractivity contribution >= 4 is 23.7 Å². The largest absolute Gasteiger partial charge is 0.481 e. The quantitative estimate of drug-likeness (QED) is 0.608. The Labute approximate surface area is 101 Å². The average Bonchev–Trinajstić information content (AvgIpc) is 2.28. The molecular formula is C11H9NO6. The molecule has 0 atom stereocenters. The van der Waals surface area contributed by atoms with Gasteiger partial charge in [-0.3, -0.25) is 14.9 Å². The molecule has 0 unspecified atom stereocenters. The van der Waals surface area contributed by atoms with Crippen molar-refractivity contribution in [2.75, 3.05) is 0 Å². The summed E-state index contributed by atoms with van der Waals surface area (Å²) < 4.78 is 0. The summed E-state index contributed by atoms with van der Waals surface area (Å²) in [4.78, 5) is 31.0. The highest BCUT2D eigenvalue weighted by molar-refractivity contribution is 5.89. The van der Waals surface area contributed by atoms with Gasteiger partial charge in [0.2, 0.25) is 0 Å². The standard InChI is InChI=1S/C11H9NO6/c13-10(14)3-1-2-7-4-5-8(11(15)16)6-9(7)12(17)18/h1-2,4-6H,3H2,(H,13,14)(H,15,16). The van der Waals surface area contributed by atoms with Crippen molar-refractivity contribution in [3.63, 3.8) is 0 Å². The van der Waals surface area contributed by atoms with Crippen LogP contribution in [0.5, 0.6) is 0 Å². The molecule has 0 aromatic heterocycles. The van der Waals surface area contributed by atoms with Gasteiger partial charge in [-0.05, 0) is 12.1 Å². The molecule has 0 bridgehead atoms. The first-order valence-electron chi connectivity index (χ1n) is 4.82. The predicted octanol–water partition coefficient (Wildman–Crippen LogP) is 1.78. The number of nitro groups is 1. The number of rotatable bonds is 5. The Morgan fingerprint density at radius 3 is 2.50 bits per heavy atom. The first-order chi connectivity index (χ1) is 8.41. The van der Waals surface area contributed by atoms with Gasteiger partial charge in [-0.1, -0.05) is 12.2 Å². The molecule has 0 fully saturated rings. The molecule has 0 spiro atoms. The molecule has 1 aromatic carbocycles. The van der Waals surface area contributed by atoms with Gasteiger partial charge in [0.15, 0.2) is 0 Å². The highest BCUT2D eigenvalue weighted by Gasteiger charge is 2.15. The number of aromatic carboxylic acids is 1. The molecule has 0 heterocycles. The maximum atomic E-state index is 10.8. The second-order valence-electron chi connectivity index (χ2n) is 3.34. The van der Waals surface area contributed by atoms with Crippen LogP contribution in [0.3, 0.4) is 0 Å². The van der Waals surface area contributed by atoms with Crippen molar-refractivity contribution in [2.24, 2.45) is 0 Å². The number of benzene rings is 1. The summed E-state index contributed by atoms with van der Waals surface area (Å²) in [5.74, 6) is -2.32. The van der Waals surface area contributed by atoms with Crippen LogP contribution in [-0.4, -0.2) is 27.1 Å².